The van der Waals surface area contributed by atoms with Gasteiger partial charge in [-0.25, -0.2) is 0 Å². The molecule has 0 heterocycles. The van der Waals surface area contributed by atoms with Crippen LogP contribution in [0.25, 0.3) is 0 Å². The molecule has 0 aliphatic heterocycles. The second-order valence-corrected chi connectivity index (χ2v) is 5.54. The highest BCUT2D eigenvalue weighted by Gasteiger charge is 2.53. The molecule has 1 heteroatoms. The molecule has 94 valence electrons. The van der Waals surface area contributed by atoms with Crippen molar-refractivity contribution in [2.75, 3.05) is 13.1 Å². The molecule has 2 unspecified atom stereocenters. The second-order valence-electron chi connectivity index (χ2n) is 5.54. The van der Waals surface area contributed by atoms with Gasteiger partial charge in [0.15, 0.2) is 0 Å². The van der Waals surface area contributed by atoms with Crippen LogP contribution in [0.2, 0.25) is 0 Å². The van der Waals surface area contributed by atoms with E-state index in [4.69, 9.17) is 0 Å². The van der Waals surface area contributed by atoms with E-state index in [1.54, 1.807) is 5.56 Å². The summed E-state index contributed by atoms with van der Waals surface area (Å²) in [5.41, 5.74) is 4.82. The van der Waals surface area contributed by atoms with Crippen molar-refractivity contribution in [1.82, 2.24) is 5.32 Å². The van der Waals surface area contributed by atoms with Gasteiger partial charge < -0.3 is 5.32 Å². The van der Waals surface area contributed by atoms with Gasteiger partial charge in [-0.2, -0.15) is 0 Å². The van der Waals surface area contributed by atoms with Crippen LogP contribution in [-0.2, 0) is 5.41 Å². The normalized spacial score (nSPS) is 27.2. The van der Waals surface area contributed by atoms with Gasteiger partial charge in [0.25, 0.3) is 0 Å². The van der Waals surface area contributed by atoms with E-state index in [0.717, 1.165) is 19.0 Å². The van der Waals surface area contributed by atoms with E-state index < -0.39 is 0 Å². The van der Waals surface area contributed by atoms with Gasteiger partial charge in [-0.1, -0.05) is 38.5 Å². The molecule has 17 heavy (non-hydrogen) atoms. The van der Waals surface area contributed by atoms with Gasteiger partial charge >= 0.3 is 0 Å². The molecule has 0 saturated heterocycles. The summed E-state index contributed by atoms with van der Waals surface area (Å²) < 4.78 is 0. The van der Waals surface area contributed by atoms with Gasteiger partial charge in [0.05, 0.1) is 0 Å². The Balaban J connectivity index is 2.25. The Morgan fingerprint density at radius 3 is 2.53 bits per heavy atom. The average molecular weight is 231 g/mol. The van der Waals surface area contributed by atoms with Gasteiger partial charge in [-0.15, -0.1) is 0 Å². The summed E-state index contributed by atoms with van der Waals surface area (Å²) in [5, 5.41) is 3.55. The van der Waals surface area contributed by atoms with E-state index in [2.05, 4.69) is 51.2 Å². The van der Waals surface area contributed by atoms with Crippen molar-refractivity contribution in [3.8, 4) is 0 Å². The third-order valence-electron chi connectivity index (χ3n) is 4.50. The molecule has 0 amide bonds. The van der Waals surface area contributed by atoms with E-state index >= 15 is 0 Å². The van der Waals surface area contributed by atoms with Crippen LogP contribution in [0, 0.1) is 19.8 Å². The predicted molar refractivity (Wildman–Crippen MR) is 74.5 cm³/mol. The van der Waals surface area contributed by atoms with Crippen LogP contribution in [0.5, 0.6) is 0 Å². The van der Waals surface area contributed by atoms with Gasteiger partial charge in [0.2, 0.25) is 0 Å². The Morgan fingerprint density at radius 1 is 1.24 bits per heavy atom. The summed E-state index contributed by atoms with van der Waals surface area (Å²) in [6.45, 7) is 11.1. The molecule has 1 fully saturated rings. The Bertz CT molecular complexity index is 397. The topological polar surface area (TPSA) is 12.0 Å². The molecule has 0 bridgehead atoms. The first-order valence-corrected chi connectivity index (χ1v) is 6.92. The average Bonchev–Trinajstić information content (AvgIpc) is 3.05. The minimum Gasteiger partial charge on any atom is -0.316 e. The maximum absolute atomic E-state index is 3.55. The van der Waals surface area contributed by atoms with Gasteiger partial charge in [0, 0.05) is 12.0 Å². The minimum atomic E-state index is 0.434. The van der Waals surface area contributed by atoms with E-state index in [9.17, 15) is 0 Å². The lowest BCUT2D eigenvalue weighted by Crippen LogP contribution is -2.28. The largest absolute Gasteiger partial charge is 0.316 e. The highest BCUT2D eigenvalue weighted by atomic mass is 14.9. The third kappa shape index (κ3) is 2.26. The van der Waals surface area contributed by atoms with Crippen LogP contribution in [-0.4, -0.2) is 13.1 Å². The fraction of sp³-hybridized carbons (Fsp3) is 0.625. The number of hydrogen-bond donors (Lipinski definition) is 1. The summed E-state index contributed by atoms with van der Waals surface area (Å²) in [5.74, 6) is 0.878. The Kier molecular flexibility index (Phi) is 3.58. The SMILES string of the molecule is CCNCC1(c2ccc(C)c(C)c2)CC1CC. The van der Waals surface area contributed by atoms with Crippen molar-refractivity contribution in [2.45, 2.75) is 46.0 Å². The monoisotopic (exact) mass is 231 g/mol. The quantitative estimate of drug-likeness (QED) is 0.816. The fourth-order valence-corrected chi connectivity index (χ4v) is 2.99. The molecule has 1 aliphatic rings. The number of hydrogen-bond acceptors (Lipinski definition) is 1. The van der Waals surface area contributed by atoms with Crippen LogP contribution in [0.1, 0.15) is 43.4 Å². The minimum absolute atomic E-state index is 0.434. The molecule has 2 rings (SSSR count). The summed E-state index contributed by atoms with van der Waals surface area (Å²) >= 11 is 0. The van der Waals surface area contributed by atoms with Crippen LogP contribution in [0.4, 0.5) is 0 Å². The first-order valence-electron chi connectivity index (χ1n) is 6.92. The zero-order chi connectivity index (χ0) is 12.5. The van der Waals surface area contributed by atoms with Gasteiger partial charge in [-0.05, 0) is 49.4 Å². The Hall–Kier alpha value is -0.820. The summed E-state index contributed by atoms with van der Waals surface area (Å²) in [4.78, 5) is 0. The zero-order valence-electron chi connectivity index (χ0n) is 11.6. The first-order chi connectivity index (χ1) is 8.14. The smallest absolute Gasteiger partial charge is 0.0109 e. The van der Waals surface area contributed by atoms with E-state index in [-0.39, 0.29) is 0 Å². The maximum atomic E-state index is 3.55. The Labute approximate surface area is 106 Å². The van der Waals surface area contributed by atoms with Crippen LogP contribution in [0.15, 0.2) is 18.2 Å². The Morgan fingerprint density at radius 2 is 2.00 bits per heavy atom. The fourth-order valence-electron chi connectivity index (χ4n) is 2.99. The van der Waals surface area contributed by atoms with E-state index in [0.29, 0.717) is 5.41 Å². The van der Waals surface area contributed by atoms with Crippen molar-refractivity contribution in [2.24, 2.45) is 5.92 Å². The molecular formula is C16H25N. The lowest BCUT2D eigenvalue weighted by molar-refractivity contribution is 0.534. The number of nitrogens with one attached hydrogen (secondary N) is 1. The molecule has 1 aliphatic carbocycles. The second kappa shape index (κ2) is 4.81. The zero-order valence-corrected chi connectivity index (χ0v) is 11.6. The predicted octanol–water partition coefficient (Wildman–Crippen LogP) is 3.58. The molecule has 0 radical (unpaired) electrons. The molecule has 1 aromatic rings. The number of aryl methyl sites for hydroxylation is 2. The molecule has 0 aromatic heterocycles. The number of likely N-dealkylation sites (N-methyl/N-ethyl adjacent to an activating group) is 1. The molecule has 2 atom stereocenters. The molecule has 1 aromatic carbocycles. The molecular weight excluding hydrogens is 206 g/mol. The van der Waals surface area contributed by atoms with E-state index in [1.165, 1.54) is 24.0 Å². The summed E-state index contributed by atoms with van der Waals surface area (Å²) in [7, 11) is 0. The van der Waals surface area contributed by atoms with Crippen LogP contribution < -0.4 is 5.32 Å². The van der Waals surface area contributed by atoms with Crippen molar-refractivity contribution in [1.29, 1.82) is 0 Å². The number of benzene rings is 1. The van der Waals surface area contributed by atoms with Crippen molar-refractivity contribution < 1.29 is 0 Å². The van der Waals surface area contributed by atoms with Crippen molar-refractivity contribution >= 4 is 0 Å². The van der Waals surface area contributed by atoms with Crippen LogP contribution >= 0.6 is 0 Å². The summed E-state index contributed by atoms with van der Waals surface area (Å²) in [6, 6.07) is 7.03. The standard InChI is InChI=1S/C16H25N/c1-5-14-10-16(14,11-17-6-2)15-8-7-12(3)13(4)9-15/h7-9,14,17H,5-6,10-11H2,1-4H3. The summed E-state index contributed by atoms with van der Waals surface area (Å²) in [6.07, 6.45) is 2.66. The highest BCUT2D eigenvalue weighted by Crippen LogP contribution is 2.55. The van der Waals surface area contributed by atoms with E-state index in [1.807, 2.05) is 0 Å². The third-order valence-corrected chi connectivity index (χ3v) is 4.50. The number of rotatable bonds is 5. The van der Waals surface area contributed by atoms with Gasteiger partial charge in [0.1, 0.15) is 0 Å². The molecule has 0 spiro atoms. The molecule has 1 saturated carbocycles. The first kappa shape index (κ1) is 12.6. The van der Waals surface area contributed by atoms with Crippen molar-refractivity contribution in [3.63, 3.8) is 0 Å². The van der Waals surface area contributed by atoms with Crippen molar-refractivity contribution in [3.05, 3.63) is 34.9 Å². The molecule has 1 nitrogen and oxygen atoms in total. The maximum Gasteiger partial charge on any atom is 0.0109 e. The van der Waals surface area contributed by atoms with Gasteiger partial charge in [-0.3, -0.25) is 0 Å². The van der Waals surface area contributed by atoms with Crippen LogP contribution in [0.3, 0.4) is 0 Å². The lowest BCUT2D eigenvalue weighted by Gasteiger charge is -2.19. The lowest BCUT2D eigenvalue weighted by atomic mass is 9.90. The molecule has 1 N–H and O–H groups in total. The highest BCUT2D eigenvalue weighted by molar-refractivity contribution is 5.39.